The Morgan fingerprint density at radius 2 is 1.94 bits per heavy atom. The summed E-state index contributed by atoms with van der Waals surface area (Å²) in [6, 6.07) is 19.5. The van der Waals surface area contributed by atoms with E-state index in [-0.39, 0.29) is 17.2 Å². The average Bonchev–Trinajstić information content (AvgIpc) is 3.30. The van der Waals surface area contributed by atoms with Crippen LogP contribution in [0.3, 0.4) is 0 Å². The molecular formula is C26H25N3O3S2. The van der Waals surface area contributed by atoms with Crippen LogP contribution >= 0.6 is 23.1 Å². The van der Waals surface area contributed by atoms with Gasteiger partial charge in [0, 0.05) is 25.0 Å². The molecule has 0 saturated heterocycles. The maximum Gasteiger partial charge on any atom is 0.263 e. The van der Waals surface area contributed by atoms with Crippen LogP contribution in [0.4, 0.5) is 0 Å². The number of fused-ring (bicyclic) bond motifs is 1. The Morgan fingerprint density at radius 3 is 2.62 bits per heavy atom. The molecule has 4 rings (SSSR count). The molecule has 6 nitrogen and oxygen atoms in total. The van der Waals surface area contributed by atoms with Gasteiger partial charge in [0.25, 0.3) is 5.56 Å². The number of amides is 1. The van der Waals surface area contributed by atoms with E-state index in [2.05, 4.69) is 6.58 Å². The summed E-state index contributed by atoms with van der Waals surface area (Å²) in [5.41, 5.74) is 1.94. The van der Waals surface area contributed by atoms with E-state index in [1.54, 1.807) is 29.7 Å². The summed E-state index contributed by atoms with van der Waals surface area (Å²) < 4.78 is 6.76. The van der Waals surface area contributed by atoms with Gasteiger partial charge in [-0.25, -0.2) is 4.98 Å². The Labute approximate surface area is 206 Å². The summed E-state index contributed by atoms with van der Waals surface area (Å²) >= 11 is 2.76. The van der Waals surface area contributed by atoms with E-state index in [4.69, 9.17) is 9.72 Å². The van der Waals surface area contributed by atoms with Crippen LogP contribution in [0.2, 0.25) is 0 Å². The third kappa shape index (κ3) is 5.24. The highest BCUT2D eigenvalue weighted by Gasteiger charge is 2.17. The van der Waals surface area contributed by atoms with Crippen molar-refractivity contribution in [3.8, 4) is 16.2 Å². The molecule has 0 bridgehead atoms. The summed E-state index contributed by atoms with van der Waals surface area (Å²) in [4.78, 5) is 34.1. The van der Waals surface area contributed by atoms with Crippen LogP contribution in [-0.2, 0) is 17.9 Å². The molecule has 0 fully saturated rings. The molecule has 0 unspecified atom stereocenters. The van der Waals surface area contributed by atoms with Crippen molar-refractivity contribution in [2.45, 2.75) is 18.2 Å². The summed E-state index contributed by atoms with van der Waals surface area (Å²) in [5, 5.41) is 1.10. The van der Waals surface area contributed by atoms with Gasteiger partial charge in [0.1, 0.15) is 10.6 Å². The Kier molecular flexibility index (Phi) is 7.49. The Hall–Kier alpha value is -3.36. The van der Waals surface area contributed by atoms with Crippen molar-refractivity contribution in [2.24, 2.45) is 0 Å². The second-order valence-corrected chi connectivity index (χ2v) is 9.65. The smallest absolute Gasteiger partial charge is 0.263 e. The summed E-state index contributed by atoms with van der Waals surface area (Å²) in [6.07, 6.45) is 1.67. The van der Waals surface area contributed by atoms with Crippen LogP contribution < -0.4 is 10.3 Å². The van der Waals surface area contributed by atoms with E-state index in [1.807, 2.05) is 60.7 Å². The second-order valence-electron chi connectivity index (χ2n) is 7.68. The number of benzene rings is 2. The van der Waals surface area contributed by atoms with E-state index in [0.717, 1.165) is 21.8 Å². The maximum atomic E-state index is 13.2. The molecular weight excluding hydrogens is 466 g/mol. The molecule has 0 saturated carbocycles. The number of rotatable bonds is 9. The monoisotopic (exact) mass is 491 g/mol. The molecule has 0 atom stereocenters. The third-order valence-corrected chi connectivity index (χ3v) is 7.35. The number of aromatic nitrogens is 2. The van der Waals surface area contributed by atoms with Crippen molar-refractivity contribution in [3.05, 3.63) is 89.2 Å². The lowest BCUT2D eigenvalue weighted by Crippen LogP contribution is -2.28. The zero-order valence-corrected chi connectivity index (χ0v) is 20.7. The van der Waals surface area contributed by atoms with Crippen molar-refractivity contribution in [1.82, 2.24) is 14.5 Å². The van der Waals surface area contributed by atoms with Gasteiger partial charge in [0.2, 0.25) is 5.91 Å². The Balaban J connectivity index is 1.54. The van der Waals surface area contributed by atoms with E-state index in [9.17, 15) is 9.59 Å². The lowest BCUT2D eigenvalue weighted by Gasteiger charge is -2.18. The summed E-state index contributed by atoms with van der Waals surface area (Å²) in [6.45, 7) is 4.59. The SMILES string of the molecule is C=CCn1c(SCC(=O)N(C)Cc2ccc(OC)cc2)nc2sc(-c3ccccc3)cc2c1=O. The normalized spacial score (nSPS) is 10.9. The van der Waals surface area contributed by atoms with Gasteiger partial charge in [-0.3, -0.25) is 14.2 Å². The van der Waals surface area contributed by atoms with Crippen LogP contribution in [-0.4, -0.2) is 40.3 Å². The largest absolute Gasteiger partial charge is 0.497 e. The van der Waals surface area contributed by atoms with Crippen LogP contribution in [0.25, 0.3) is 20.7 Å². The number of carbonyl (C=O) groups is 1. The lowest BCUT2D eigenvalue weighted by molar-refractivity contribution is -0.127. The minimum Gasteiger partial charge on any atom is -0.497 e. The number of hydrogen-bond acceptors (Lipinski definition) is 6. The molecule has 2 aromatic carbocycles. The quantitative estimate of drug-likeness (QED) is 0.186. The molecule has 0 aliphatic carbocycles. The first kappa shape index (κ1) is 23.8. The minimum absolute atomic E-state index is 0.0449. The zero-order valence-electron chi connectivity index (χ0n) is 19.1. The standard InChI is InChI=1S/C26H25N3O3S2/c1-4-14-29-25(31)21-15-22(19-8-6-5-7-9-19)34-24(21)27-26(29)33-17-23(30)28(2)16-18-10-12-20(32-3)13-11-18/h4-13,15H,1,14,16-17H2,2-3H3. The number of thioether (sulfide) groups is 1. The van der Waals surface area contributed by atoms with E-state index in [1.165, 1.54) is 23.1 Å². The van der Waals surface area contributed by atoms with Gasteiger partial charge in [-0.2, -0.15) is 0 Å². The van der Waals surface area contributed by atoms with Gasteiger partial charge in [0.05, 0.1) is 18.2 Å². The van der Waals surface area contributed by atoms with Crippen molar-refractivity contribution in [2.75, 3.05) is 19.9 Å². The number of hydrogen-bond donors (Lipinski definition) is 0. The predicted molar refractivity (Wildman–Crippen MR) is 140 cm³/mol. The molecule has 174 valence electrons. The fraction of sp³-hybridized carbons (Fsp3) is 0.192. The van der Waals surface area contributed by atoms with E-state index < -0.39 is 0 Å². The second kappa shape index (κ2) is 10.7. The highest BCUT2D eigenvalue weighted by atomic mass is 32.2. The highest BCUT2D eigenvalue weighted by molar-refractivity contribution is 7.99. The zero-order chi connectivity index (χ0) is 24.1. The lowest BCUT2D eigenvalue weighted by atomic mass is 10.2. The minimum atomic E-state index is -0.120. The number of thiophene rings is 1. The van der Waals surface area contributed by atoms with Gasteiger partial charge >= 0.3 is 0 Å². The molecule has 2 heterocycles. The number of allylic oxidation sites excluding steroid dienone is 1. The summed E-state index contributed by atoms with van der Waals surface area (Å²) in [5.74, 6) is 0.911. The number of methoxy groups -OCH3 is 1. The van der Waals surface area contributed by atoms with Gasteiger partial charge in [-0.15, -0.1) is 17.9 Å². The first-order chi connectivity index (χ1) is 16.5. The molecule has 2 aromatic heterocycles. The Morgan fingerprint density at radius 1 is 1.21 bits per heavy atom. The number of carbonyl (C=O) groups excluding carboxylic acids is 1. The molecule has 0 spiro atoms. The fourth-order valence-corrected chi connectivity index (χ4v) is 5.50. The average molecular weight is 492 g/mol. The van der Waals surface area contributed by atoms with Crippen LogP contribution in [0.1, 0.15) is 5.56 Å². The summed E-state index contributed by atoms with van der Waals surface area (Å²) in [7, 11) is 3.39. The van der Waals surface area contributed by atoms with Crippen molar-refractivity contribution >= 4 is 39.2 Å². The van der Waals surface area contributed by atoms with Gasteiger partial charge < -0.3 is 9.64 Å². The third-order valence-electron chi connectivity index (χ3n) is 5.32. The van der Waals surface area contributed by atoms with Crippen LogP contribution in [0.5, 0.6) is 5.75 Å². The van der Waals surface area contributed by atoms with Gasteiger partial charge in [-0.05, 0) is 29.3 Å². The Bertz CT molecular complexity index is 1360. The van der Waals surface area contributed by atoms with Crippen LogP contribution in [0.15, 0.2) is 83.3 Å². The van der Waals surface area contributed by atoms with E-state index >= 15 is 0 Å². The molecule has 0 radical (unpaired) electrons. The van der Waals surface area contributed by atoms with Gasteiger partial charge in [-0.1, -0.05) is 60.3 Å². The maximum absolute atomic E-state index is 13.2. The molecule has 1 amide bonds. The van der Waals surface area contributed by atoms with Crippen molar-refractivity contribution < 1.29 is 9.53 Å². The number of ether oxygens (including phenoxy) is 1. The molecule has 0 aliphatic heterocycles. The highest BCUT2D eigenvalue weighted by Crippen LogP contribution is 2.32. The molecule has 0 aliphatic rings. The predicted octanol–water partition coefficient (Wildman–Crippen LogP) is 5.07. The fourth-order valence-electron chi connectivity index (χ4n) is 3.47. The molecule has 0 N–H and O–H groups in total. The first-order valence-electron chi connectivity index (χ1n) is 10.7. The molecule has 4 aromatic rings. The van der Waals surface area contributed by atoms with Crippen LogP contribution in [0, 0.1) is 0 Å². The van der Waals surface area contributed by atoms with Crippen molar-refractivity contribution in [3.63, 3.8) is 0 Å². The van der Waals surface area contributed by atoms with Crippen molar-refractivity contribution in [1.29, 1.82) is 0 Å². The topological polar surface area (TPSA) is 64.4 Å². The van der Waals surface area contributed by atoms with Gasteiger partial charge in [0.15, 0.2) is 5.16 Å². The molecule has 8 heteroatoms. The van der Waals surface area contributed by atoms with E-state index in [0.29, 0.717) is 28.5 Å². The number of nitrogens with zero attached hydrogens (tertiary/aromatic N) is 3. The molecule has 34 heavy (non-hydrogen) atoms. The first-order valence-corrected chi connectivity index (χ1v) is 12.5.